The highest BCUT2D eigenvalue weighted by atomic mass is 16.8. The second-order valence-electron chi connectivity index (χ2n) is 23.9. The average Bonchev–Trinajstić information content (AvgIpc) is 3.29. The normalized spacial score (nSPS) is 54.8. The van der Waals surface area contributed by atoms with E-state index in [2.05, 4.69) is 40.7 Å². The average molecular weight is 989 g/mol. The first kappa shape index (κ1) is 53.8. The molecule has 4 saturated carbocycles. The predicted octanol–water partition coefficient (Wildman–Crippen LogP) is -1.11. The van der Waals surface area contributed by atoms with Gasteiger partial charge in [0.15, 0.2) is 25.0 Å². The molecular formula is C49H80O20. The number of rotatable bonds is 10. The quantitative estimate of drug-likeness (QED) is 0.0912. The van der Waals surface area contributed by atoms with Gasteiger partial charge in [0.1, 0.15) is 48.8 Å². The van der Waals surface area contributed by atoms with E-state index in [1.54, 1.807) is 0 Å². The first-order valence-corrected chi connectivity index (χ1v) is 25.0. The standard InChI is InChI=1S/C49H80O20/c1-9-49-22(16-44(2,3)36(58)38(49)60)21-10-11-25-46(6)14-13-26(45(4,5)24(46)12-15-47(25,7)48(21,8)37(59)39(49)61)66-43-35(69-42-31(56)29(54)28(53)23(18-51)65-42)33(32(57)34(68-43)40(62)63)67-41-30(55)27(52)20(17-50)19-64-41/h10,20,22-39,41-43,50-61H,9,11-19H2,1-8H3,(H,62,63)/t20-,22?,23?,24?,25?,26+,27-,28+,29-,30?,31?,32+,33-,34?,35?,36+,37+,38+,39-,41+,42+,43-,46+,47-,48+,49-/m1/s1. The first-order valence-electron chi connectivity index (χ1n) is 25.0. The fourth-order valence-corrected chi connectivity index (χ4v) is 15.8. The van der Waals surface area contributed by atoms with Crippen LogP contribution in [0.15, 0.2) is 11.6 Å². The van der Waals surface area contributed by atoms with E-state index in [0.29, 0.717) is 44.9 Å². The molecule has 26 atom stereocenters. The lowest BCUT2D eigenvalue weighted by atomic mass is 9.32. The molecule has 20 heteroatoms. The molecule has 0 spiro atoms. The molecule has 8 unspecified atom stereocenters. The Morgan fingerprint density at radius 2 is 1.32 bits per heavy atom. The molecule has 0 radical (unpaired) electrons. The number of aliphatic carboxylic acids is 1. The van der Waals surface area contributed by atoms with E-state index < -0.39 is 163 Å². The smallest absolute Gasteiger partial charge is 0.335 e. The van der Waals surface area contributed by atoms with Gasteiger partial charge in [-0.15, -0.1) is 0 Å². The molecule has 13 N–H and O–H groups in total. The van der Waals surface area contributed by atoms with Crippen molar-refractivity contribution in [1.82, 2.24) is 0 Å². The van der Waals surface area contributed by atoms with Crippen molar-refractivity contribution < 1.29 is 99.6 Å². The van der Waals surface area contributed by atoms with Crippen LogP contribution in [0.1, 0.15) is 100 Å². The maximum Gasteiger partial charge on any atom is 0.335 e. The zero-order chi connectivity index (χ0) is 50.9. The highest BCUT2D eigenvalue weighted by Crippen LogP contribution is 2.76. The number of aliphatic hydroxyl groups is 12. The van der Waals surface area contributed by atoms with E-state index in [9.17, 15) is 71.2 Å². The van der Waals surface area contributed by atoms with Crippen LogP contribution in [0.5, 0.6) is 0 Å². The summed E-state index contributed by atoms with van der Waals surface area (Å²) < 4.78 is 36.6. The molecule has 396 valence electrons. The van der Waals surface area contributed by atoms with Crippen molar-refractivity contribution >= 4 is 5.97 Å². The molecule has 69 heavy (non-hydrogen) atoms. The van der Waals surface area contributed by atoms with Crippen LogP contribution in [0.25, 0.3) is 0 Å². The molecule has 3 aliphatic heterocycles. The summed E-state index contributed by atoms with van der Waals surface area (Å²) in [5, 5.41) is 144. The minimum absolute atomic E-state index is 0.0129. The van der Waals surface area contributed by atoms with Gasteiger partial charge in [-0.05, 0) is 84.4 Å². The molecule has 8 aliphatic rings. The van der Waals surface area contributed by atoms with Gasteiger partial charge in [-0.2, -0.15) is 0 Å². The zero-order valence-corrected chi connectivity index (χ0v) is 41.0. The summed E-state index contributed by atoms with van der Waals surface area (Å²) in [6.45, 7) is 14.8. The molecule has 5 aliphatic carbocycles. The molecular weight excluding hydrogens is 909 g/mol. The number of hydrogen-bond acceptors (Lipinski definition) is 19. The first-order chi connectivity index (χ1) is 32.1. The van der Waals surface area contributed by atoms with Gasteiger partial charge in [0.25, 0.3) is 0 Å². The fraction of sp³-hybridized carbons (Fsp3) is 0.939. The van der Waals surface area contributed by atoms with Crippen LogP contribution in [-0.2, 0) is 33.2 Å². The third-order valence-electron chi connectivity index (χ3n) is 20.1. The summed E-state index contributed by atoms with van der Waals surface area (Å²) in [6.07, 6.45) is -22.9. The molecule has 3 saturated heterocycles. The van der Waals surface area contributed by atoms with E-state index >= 15 is 0 Å². The Hall–Kier alpha value is -1.51. The van der Waals surface area contributed by atoms with Crippen molar-refractivity contribution in [3.63, 3.8) is 0 Å². The molecule has 0 amide bonds. The second-order valence-corrected chi connectivity index (χ2v) is 23.9. The van der Waals surface area contributed by atoms with Gasteiger partial charge in [0, 0.05) is 16.7 Å². The Balaban J connectivity index is 1.12. The lowest BCUT2D eigenvalue weighted by Crippen LogP contribution is -2.75. The maximum absolute atomic E-state index is 12.8. The molecule has 3 heterocycles. The number of fused-ring (bicyclic) bond motifs is 7. The number of carboxylic acid groups (broad SMARTS) is 1. The van der Waals surface area contributed by atoms with Crippen LogP contribution in [0.4, 0.5) is 0 Å². The molecule has 8 rings (SSSR count). The number of aliphatic hydroxyl groups excluding tert-OH is 12. The van der Waals surface area contributed by atoms with E-state index in [1.165, 1.54) is 0 Å². The molecule has 20 nitrogen and oxygen atoms in total. The minimum atomic E-state index is -2.07. The van der Waals surface area contributed by atoms with Gasteiger partial charge in [0.05, 0.1) is 56.4 Å². The molecule has 7 fully saturated rings. The fourth-order valence-electron chi connectivity index (χ4n) is 15.8. The molecule has 0 aromatic rings. The van der Waals surface area contributed by atoms with Crippen molar-refractivity contribution in [3.8, 4) is 0 Å². The van der Waals surface area contributed by atoms with Crippen molar-refractivity contribution in [3.05, 3.63) is 11.6 Å². The highest BCUT2D eigenvalue weighted by Gasteiger charge is 2.75. The third-order valence-corrected chi connectivity index (χ3v) is 20.1. The lowest BCUT2D eigenvalue weighted by Gasteiger charge is -2.73. The number of allylic oxidation sites excluding steroid dienone is 1. The summed E-state index contributed by atoms with van der Waals surface area (Å²) in [5.74, 6) is -2.88. The Labute approximate surface area is 403 Å². The monoisotopic (exact) mass is 989 g/mol. The van der Waals surface area contributed by atoms with Crippen LogP contribution in [0.3, 0.4) is 0 Å². The van der Waals surface area contributed by atoms with E-state index in [-0.39, 0.29) is 29.8 Å². The second kappa shape index (κ2) is 18.7. The number of hydrogen-bond donors (Lipinski definition) is 13. The van der Waals surface area contributed by atoms with Crippen LogP contribution in [0, 0.1) is 56.2 Å². The topological polar surface area (TPSA) is 335 Å². The summed E-state index contributed by atoms with van der Waals surface area (Å²) in [4.78, 5) is 12.8. The van der Waals surface area contributed by atoms with Crippen LogP contribution in [0.2, 0.25) is 0 Å². The maximum atomic E-state index is 12.8. The number of carboxylic acids is 1. The largest absolute Gasteiger partial charge is 0.479 e. The molecule has 0 bridgehead atoms. The van der Waals surface area contributed by atoms with Crippen LogP contribution < -0.4 is 0 Å². The van der Waals surface area contributed by atoms with Crippen LogP contribution >= 0.6 is 0 Å². The van der Waals surface area contributed by atoms with Crippen molar-refractivity contribution in [2.45, 2.75) is 211 Å². The van der Waals surface area contributed by atoms with E-state index in [4.69, 9.17) is 28.4 Å². The molecule has 0 aromatic carbocycles. The Bertz CT molecular complexity index is 1900. The summed E-state index contributed by atoms with van der Waals surface area (Å²) in [7, 11) is 0. The van der Waals surface area contributed by atoms with Gasteiger partial charge in [-0.25, -0.2) is 4.79 Å². The van der Waals surface area contributed by atoms with E-state index in [1.807, 2.05) is 20.8 Å². The number of carbonyl (C=O) groups is 1. The SMILES string of the molecule is CC[C@@]12C(CC(C)(C)[C@@H](O)[C@@H]1O)C1=CCC3[C@@]4(C)CC[C@H](O[C@@H]5OC(C(=O)O)[C@@H](O)[C@@H](O[C@@H]6OC[C@@H](CO)[C@@H](O)C6O)C5O[C@@H]5OC(CO)[C@H](O)[C@@H](O)C5O)C(C)(C)C4CC[C@@]3(C)[C@]1(C)[C@@H](O)[C@H]2O. The van der Waals surface area contributed by atoms with Gasteiger partial charge in [-0.3, -0.25) is 0 Å². The number of ether oxygens (including phenoxy) is 6. The summed E-state index contributed by atoms with van der Waals surface area (Å²) in [5.41, 5.74) is -3.33. The van der Waals surface area contributed by atoms with Crippen LogP contribution in [-0.4, -0.2) is 203 Å². The highest BCUT2D eigenvalue weighted by molar-refractivity contribution is 5.73. The van der Waals surface area contributed by atoms with E-state index in [0.717, 1.165) is 5.57 Å². The third kappa shape index (κ3) is 7.87. The van der Waals surface area contributed by atoms with Crippen molar-refractivity contribution in [2.75, 3.05) is 19.8 Å². The lowest BCUT2D eigenvalue weighted by molar-refractivity contribution is -0.392. The van der Waals surface area contributed by atoms with Gasteiger partial charge < -0.3 is 94.8 Å². The van der Waals surface area contributed by atoms with Crippen molar-refractivity contribution in [1.29, 1.82) is 0 Å². The summed E-state index contributed by atoms with van der Waals surface area (Å²) in [6, 6.07) is 0. The van der Waals surface area contributed by atoms with Gasteiger partial charge in [0.2, 0.25) is 0 Å². The minimum Gasteiger partial charge on any atom is -0.479 e. The Morgan fingerprint density at radius 3 is 1.94 bits per heavy atom. The summed E-state index contributed by atoms with van der Waals surface area (Å²) >= 11 is 0. The Morgan fingerprint density at radius 1 is 0.681 bits per heavy atom. The Kier molecular flexibility index (Phi) is 14.6. The predicted molar refractivity (Wildman–Crippen MR) is 238 cm³/mol. The van der Waals surface area contributed by atoms with Gasteiger partial charge >= 0.3 is 5.97 Å². The van der Waals surface area contributed by atoms with Gasteiger partial charge in [-0.1, -0.05) is 67.0 Å². The molecule has 0 aromatic heterocycles. The van der Waals surface area contributed by atoms with Crippen molar-refractivity contribution in [2.24, 2.45) is 56.2 Å². The zero-order valence-electron chi connectivity index (χ0n) is 41.0.